The fraction of sp³-hybridized carbons (Fsp3) is 0.235. The summed E-state index contributed by atoms with van der Waals surface area (Å²) in [7, 11) is -3.94. The van der Waals surface area contributed by atoms with E-state index in [4.69, 9.17) is 16.3 Å². The SMILES string of the molecule is CCNC(=O)c1ccc(Cl)c(S(=O)(=O)Nc2ccc(OCC)cc2)c1. The first-order valence-electron chi connectivity index (χ1n) is 7.70. The van der Waals surface area contributed by atoms with E-state index in [1.165, 1.54) is 18.2 Å². The van der Waals surface area contributed by atoms with Gasteiger partial charge < -0.3 is 10.1 Å². The van der Waals surface area contributed by atoms with Gasteiger partial charge in [0.05, 0.1) is 11.6 Å². The van der Waals surface area contributed by atoms with Crippen molar-refractivity contribution in [3.05, 3.63) is 53.1 Å². The highest BCUT2D eigenvalue weighted by Gasteiger charge is 2.20. The Hall–Kier alpha value is -2.25. The number of benzene rings is 2. The van der Waals surface area contributed by atoms with Crippen LogP contribution in [0.4, 0.5) is 5.69 Å². The molecule has 0 fully saturated rings. The normalized spacial score (nSPS) is 11.0. The standard InChI is InChI=1S/C17H19ClN2O4S/c1-3-19-17(21)12-5-10-15(18)16(11-12)25(22,23)20-13-6-8-14(9-7-13)24-4-2/h5-11,20H,3-4H2,1-2H3,(H,19,21). The molecule has 0 heterocycles. The number of amides is 1. The summed E-state index contributed by atoms with van der Waals surface area (Å²) >= 11 is 6.02. The number of hydrogen-bond donors (Lipinski definition) is 2. The van der Waals surface area contributed by atoms with Crippen molar-refractivity contribution in [2.24, 2.45) is 0 Å². The molecule has 0 aliphatic heterocycles. The number of rotatable bonds is 7. The van der Waals surface area contributed by atoms with Gasteiger partial charge in [0.1, 0.15) is 10.6 Å². The molecule has 0 aliphatic rings. The zero-order valence-electron chi connectivity index (χ0n) is 13.9. The highest BCUT2D eigenvalue weighted by molar-refractivity contribution is 7.92. The lowest BCUT2D eigenvalue weighted by atomic mass is 10.2. The molecule has 134 valence electrons. The minimum Gasteiger partial charge on any atom is -0.494 e. The van der Waals surface area contributed by atoms with Crippen molar-refractivity contribution < 1.29 is 17.9 Å². The molecule has 6 nitrogen and oxygen atoms in total. The Bertz CT molecular complexity index is 851. The Morgan fingerprint density at radius 2 is 1.80 bits per heavy atom. The number of carbonyl (C=O) groups is 1. The molecular weight excluding hydrogens is 364 g/mol. The number of anilines is 1. The van der Waals surface area contributed by atoms with Gasteiger partial charge in [-0.1, -0.05) is 11.6 Å². The van der Waals surface area contributed by atoms with Crippen LogP contribution in [-0.2, 0) is 10.0 Å². The topological polar surface area (TPSA) is 84.5 Å². The number of carbonyl (C=O) groups excluding carboxylic acids is 1. The molecule has 0 saturated heterocycles. The third-order valence-corrected chi connectivity index (χ3v) is 5.10. The smallest absolute Gasteiger partial charge is 0.263 e. The van der Waals surface area contributed by atoms with Crippen molar-refractivity contribution in [2.75, 3.05) is 17.9 Å². The fourth-order valence-corrected chi connectivity index (χ4v) is 3.69. The van der Waals surface area contributed by atoms with Crippen LogP contribution >= 0.6 is 11.6 Å². The third-order valence-electron chi connectivity index (χ3n) is 3.24. The van der Waals surface area contributed by atoms with E-state index in [1.54, 1.807) is 31.2 Å². The van der Waals surface area contributed by atoms with Gasteiger partial charge in [-0.05, 0) is 56.3 Å². The van der Waals surface area contributed by atoms with Gasteiger partial charge >= 0.3 is 0 Å². The lowest BCUT2D eigenvalue weighted by Gasteiger charge is -2.12. The summed E-state index contributed by atoms with van der Waals surface area (Å²) in [6.45, 7) is 4.60. The van der Waals surface area contributed by atoms with Crippen molar-refractivity contribution in [2.45, 2.75) is 18.7 Å². The van der Waals surface area contributed by atoms with E-state index >= 15 is 0 Å². The average molecular weight is 383 g/mol. The predicted octanol–water partition coefficient (Wildman–Crippen LogP) is 3.29. The molecule has 0 unspecified atom stereocenters. The molecule has 0 aromatic heterocycles. The highest BCUT2D eigenvalue weighted by atomic mass is 35.5. The minimum absolute atomic E-state index is 0.0338. The highest BCUT2D eigenvalue weighted by Crippen LogP contribution is 2.26. The van der Waals surface area contributed by atoms with Gasteiger partial charge in [-0.3, -0.25) is 9.52 Å². The zero-order valence-corrected chi connectivity index (χ0v) is 15.4. The van der Waals surface area contributed by atoms with E-state index in [2.05, 4.69) is 10.0 Å². The molecule has 0 saturated carbocycles. The Kier molecular flexibility index (Phi) is 6.27. The molecule has 0 bridgehead atoms. The second-order valence-corrected chi connectivity index (χ2v) is 7.13. The summed E-state index contributed by atoms with van der Waals surface area (Å²) in [5, 5.41) is 2.65. The van der Waals surface area contributed by atoms with Crippen molar-refractivity contribution in [1.29, 1.82) is 0 Å². The van der Waals surface area contributed by atoms with Crippen molar-refractivity contribution in [3.63, 3.8) is 0 Å². The van der Waals surface area contributed by atoms with Gasteiger partial charge in [0, 0.05) is 17.8 Å². The molecule has 0 spiro atoms. The molecule has 1 amide bonds. The number of sulfonamides is 1. The second-order valence-electron chi connectivity index (χ2n) is 5.07. The zero-order chi connectivity index (χ0) is 18.4. The number of nitrogens with one attached hydrogen (secondary N) is 2. The molecule has 0 radical (unpaired) electrons. The maximum atomic E-state index is 12.6. The van der Waals surface area contributed by atoms with E-state index in [9.17, 15) is 13.2 Å². The molecule has 8 heteroatoms. The van der Waals surface area contributed by atoms with E-state index in [0.717, 1.165) is 0 Å². The maximum Gasteiger partial charge on any atom is 0.263 e. The van der Waals surface area contributed by atoms with Crippen molar-refractivity contribution in [3.8, 4) is 5.75 Å². The third kappa shape index (κ3) is 4.87. The van der Waals surface area contributed by atoms with Gasteiger partial charge in [0.25, 0.3) is 15.9 Å². The van der Waals surface area contributed by atoms with Crippen LogP contribution in [0.3, 0.4) is 0 Å². The Morgan fingerprint density at radius 1 is 1.12 bits per heavy atom. The second kappa shape index (κ2) is 8.22. The average Bonchev–Trinajstić information content (AvgIpc) is 2.57. The van der Waals surface area contributed by atoms with Crippen molar-refractivity contribution in [1.82, 2.24) is 5.32 Å². The summed E-state index contributed by atoms with van der Waals surface area (Å²) in [4.78, 5) is 11.7. The first-order chi connectivity index (χ1) is 11.9. The molecule has 2 aromatic rings. The van der Waals surface area contributed by atoms with Crippen LogP contribution in [0.5, 0.6) is 5.75 Å². The van der Waals surface area contributed by atoms with Crippen LogP contribution in [0.25, 0.3) is 0 Å². The van der Waals surface area contributed by atoms with E-state index < -0.39 is 10.0 Å². The van der Waals surface area contributed by atoms with Gasteiger partial charge in [-0.25, -0.2) is 8.42 Å². The van der Waals surface area contributed by atoms with Crippen LogP contribution in [0.1, 0.15) is 24.2 Å². The van der Waals surface area contributed by atoms with Crippen molar-refractivity contribution >= 4 is 33.2 Å². The summed E-state index contributed by atoms with van der Waals surface area (Å²) in [5.74, 6) is 0.276. The molecule has 0 aliphatic carbocycles. The first kappa shape index (κ1) is 19.1. The summed E-state index contributed by atoms with van der Waals surface area (Å²) in [6, 6.07) is 10.6. The lowest BCUT2D eigenvalue weighted by molar-refractivity contribution is 0.0955. The summed E-state index contributed by atoms with van der Waals surface area (Å²) in [5.41, 5.74) is 0.584. The predicted molar refractivity (Wildman–Crippen MR) is 97.9 cm³/mol. The van der Waals surface area contributed by atoms with Gasteiger partial charge in [-0.15, -0.1) is 0 Å². The van der Waals surface area contributed by atoms with Crippen LogP contribution in [-0.4, -0.2) is 27.5 Å². The van der Waals surface area contributed by atoms with Gasteiger partial charge in [0.15, 0.2) is 0 Å². The quantitative estimate of drug-likeness (QED) is 0.769. The summed E-state index contributed by atoms with van der Waals surface area (Å²) in [6.07, 6.45) is 0. The molecular formula is C17H19ClN2O4S. The maximum absolute atomic E-state index is 12.6. The van der Waals surface area contributed by atoms with E-state index in [0.29, 0.717) is 24.6 Å². The monoisotopic (exact) mass is 382 g/mol. The molecule has 2 rings (SSSR count). The molecule has 0 atom stereocenters. The number of hydrogen-bond acceptors (Lipinski definition) is 4. The first-order valence-corrected chi connectivity index (χ1v) is 9.57. The van der Waals surface area contributed by atoms with Crippen LogP contribution < -0.4 is 14.8 Å². The Labute approximate surface area is 152 Å². The van der Waals surface area contributed by atoms with Crippen LogP contribution in [0.2, 0.25) is 5.02 Å². The van der Waals surface area contributed by atoms with E-state index in [1.807, 2.05) is 6.92 Å². The molecule has 25 heavy (non-hydrogen) atoms. The van der Waals surface area contributed by atoms with E-state index in [-0.39, 0.29) is 21.4 Å². The largest absolute Gasteiger partial charge is 0.494 e. The Morgan fingerprint density at radius 3 is 2.40 bits per heavy atom. The lowest BCUT2D eigenvalue weighted by Crippen LogP contribution is -2.23. The van der Waals surface area contributed by atoms with Gasteiger partial charge in [-0.2, -0.15) is 0 Å². The minimum atomic E-state index is -3.94. The fourth-order valence-electron chi connectivity index (χ4n) is 2.11. The van der Waals surface area contributed by atoms with Crippen LogP contribution in [0, 0.1) is 0 Å². The summed E-state index contributed by atoms with van der Waals surface area (Å²) < 4.78 is 33.0. The van der Waals surface area contributed by atoms with Crippen LogP contribution in [0.15, 0.2) is 47.4 Å². The number of halogens is 1. The number of ether oxygens (including phenoxy) is 1. The molecule has 2 N–H and O–H groups in total. The molecule has 2 aromatic carbocycles. The van der Waals surface area contributed by atoms with Gasteiger partial charge in [0.2, 0.25) is 0 Å². The Balaban J connectivity index is 2.29.